The van der Waals surface area contributed by atoms with Gasteiger partial charge in [-0.25, -0.2) is 9.18 Å². The number of benzene rings is 1. The zero-order valence-corrected chi connectivity index (χ0v) is 6.77. The summed E-state index contributed by atoms with van der Waals surface area (Å²) in [5, 5.41) is 17.5. The number of hydrogen-bond acceptors (Lipinski definition) is 2. The summed E-state index contributed by atoms with van der Waals surface area (Å²) in [6.45, 7) is 0. The molecule has 4 heteroatoms. The lowest BCUT2D eigenvalue weighted by molar-refractivity contribution is -0.142. The molecular weight excluding hydrogens is 175 g/mol. The number of phenols is 1. The molecule has 0 heterocycles. The number of halogens is 1. The van der Waals surface area contributed by atoms with E-state index >= 15 is 0 Å². The van der Waals surface area contributed by atoms with Gasteiger partial charge in [-0.1, -0.05) is 18.2 Å². The number of aromatic hydroxyl groups is 1. The summed E-state index contributed by atoms with van der Waals surface area (Å²) in [4.78, 5) is 10.2. The van der Waals surface area contributed by atoms with Crippen LogP contribution >= 0.6 is 0 Å². The number of rotatable bonds is 3. The van der Waals surface area contributed by atoms with Gasteiger partial charge < -0.3 is 10.2 Å². The lowest BCUT2D eigenvalue weighted by atomic mass is 10.1. The molecule has 1 aromatic carbocycles. The van der Waals surface area contributed by atoms with Crippen molar-refractivity contribution in [2.45, 2.75) is 12.6 Å². The third kappa shape index (κ3) is 2.43. The second kappa shape index (κ2) is 3.89. The first-order chi connectivity index (χ1) is 6.11. The summed E-state index contributed by atoms with van der Waals surface area (Å²) in [5.74, 6) is -1.59. The van der Waals surface area contributed by atoms with Crippen LogP contribution in [-0.2, 0) is 11.2 Å². The van der Waals surface area contributed by atoms with E-state index < -0.39 is 12.1 Å². The predicted octanol–water partition coefficient (Wildman–Crippen LogP) is 1.36. The first-order valence-corrected chi connectivity index (χ1v) is 3.75. The van der Waals surface area contributed by atoms with Crippen LogP contribution in [0.15, 0.2) is 24.3 Å². The number of para-hydroxylation sites is 1. The minimum Gasteiger partial charge on any atom is -0.508 e. The molecule has 0 bridgehead atoms. The Morgan fingerprint density at radius 2 is 2.08 bits per heavy atom. The van der Waals surface area contributed by atoms with E-state index in [9.17, 15) is 14.3 Å². The van der Waals surface area contributed by atoms with Crippen molar-refractivity contribution >= 4 is 5.97 Å². The van der Waals surface area contributed by atoms with E-state index in [-0.39, 0.29) is 12.2 Å². The SMILES string of the molecule is O=C(O)C(F)Cc1ccccc1O. The molecule has 0 saturated carbocycles. The van der Waals surface area contributed by atoms with Gasteiger partial charge in [0, 0.05) is 6.42 Å². The van der Waals surface area contributed by atoms with Crippen LogP contribution in [0.4, 0.5) is 4.39 Å². The number of phenolic OH excluding ortho intramolecular Hbond substituents is 1. The van der Waals surface area contributed by atoms with Crippen molar-refractivity contribution in [3.8, 4) is 5.75 Å². The Labute approximate surface area is 74.4 Å². The second-order valence-corrected chi connectivity index (χ2v) is 2.64. The van der Waals surface area contributed by atoms with Gasteiger partial charge in [0.05, 0.1) is 0 Å². The van der Waals surface area contributed by atoms with Crippen molar-refractivity contribution in [3.63, 3.8) is 0 Å². The topological polar surface area (TPSA) is 57.5 Å². The van der Waals surface area contributed by atoms with Gasteiger partial charge in [-0.15, -0.1) is 0 Å². The van der Waals surface area contributed by atoms with E-state index in [1.54, 1.807) is 12.1 Å². The third-order valence-corrected chi connectivity index (χ3v) is 1.66. The summed E-state index contributed by atoms with van der Waals surface area (Å²) in [5.41, 5.74) is 0.303. The molecule has 0 saturated heterocycles. The van der Waals surface area contributed by atoms with Crippen LogP contribution in [0.3, 0.4) is 0 Å². The van der Waals surface area contributed by atoms with Crippen molar-refractivity contribution in [3.05, 3.63) is 29.8 Å². The van der Waals surface area contributed by atoms with E-state index in [0.717, 1.165) is 0 Å². The molecule has 3 nitrogen and oxygen atoms in total. The first kappa shape index (κ1) is 9.51. The third-order valence-electron chi connectivity index (χ3n) is 1.66. The fourth-order valence-corrected chi connectivity index (χ4v) is 0.964. The second-order valence-electron chi connectivity index (χ2n) is 2.64. The van der Waals surface area contributed by atoms with Crippen LogP contribution in [-0.4, -0.2) is 22.4 Å². The maximum Gasteiger partial charge on any atom is 0.338 e. The number of carbonyl (C=O) groups is 1. The smallest absolute Gasteiger partial charge is 0.338 e. The van der Waals surface area contributed by atoms with E-state index in [0.29, 0.717) is 5.56 Å². The average Bonchev–Trinajstić information content (AvgIpc) is 2.08. The van der Waals surface area contributed by atoms with Crippen molar-refractivity contribution in [1.82, 2.24) is 0 Å². The normalized spacial score (nSPS) is 12.4. The summed E-state index contributed by atoms with van der Waals surface area (Å²) in [7, 11) is 0. The Bertz CT molecular complexity index is 311. The molecule has 0 aliphatic rings. The Balaban J connectivity index is 2.74. The molecule has 0 aliphatic carbocycles. The first-order valence-electron chi connectivity index (χ1n) is 3.75. The number of hydrogen-bond donors (Lipinski definition) is 2. The molecule has 0 amide bonds. The van der Waals surface area contributed by atoms with Gasteiger partial charge in [0.25, 0.3) is 0 Å². The van der Waals surface area contributed by atoms with Gasteiger partial charge in [-0.2, -0.15) is 0 Å². The molecule has 2 N–H and O–H groups in total. The van der Waals surface area contributed by atoms with Gasteiger partial charge in [0.2, 0.25) is 6.17 Å². The van der Waals surface area contributed by atoms with Crippen LogP contribution in [0.2, 0.25) is 0 Å². The Hall–Kier alpha value is -1.58. The summed E-state index contributed by atoms with van der Waals surface area (Å²) < 4.78 is 12.7. The van der Waals surface area contributed by atoms with Crippen molar-refractivity contribution < 1.29 is 19.4 Å². The van der Waals surface area contributed by atoms with Gasteiger partial charge in [-0.3, -0.25) is 0 Å². The Kier molecular flexibility index (Phi) is 2.84. The number of aliphatic carboxylic acids is 1. The van der Waals surface area contributed by atoms with Crippen LogP contribution < -0.4 is 0 Å². The number of alkyl halides is 1. The highest BCUT2D eigenvalue weighted by atomic mass is 19.1. The van der Waals surface area contributed by atoms with Gasteiger partial charge in [0.1, 0.15) is 5.75 Å². The summed E-state index contributed by atoms with van der Waals surface area (Å²) in [6.07, 6.45) is -2.27. The number of carboxylic acids is 1. The van der Waals surface area contributed by atoms with Crippen LogP contribution in [0.1, 0.15) is 5.56 Å². The van der Waals surface area contributed by atoms with Crippen molar-refractivity contribution in [2.24, 2.45) is 0 Å². The highest BCUT2D eigenvalue weighted by Gasteiger charge is 2.17. The van der Waals surface area contributed by atoms with Gasteiger partial charge in [-0.05, 0) is 11.6 Å². The predicted molar refractivity (Wildman–Crippen MR) is 44.3 cm³/mol. The van der Waals surface area contributed by atoms with Crippen LogP contribution in [0, 0.1) is 0 Å². The number of carboxylic acid groups (broad SMARTS) is 1. The zero-order chi connectivity index (χ0) is 9.84. The molecule has 70 valence electrons. The average molecular weight is 184 g/mol. The van der Waals surface area contributed by atoms with Crippen LogP contribution in [0.25, 0.3) is 0 Å². The molecule has 13 heavy (non-hydrogen) atoms. The van der Waals surface area contributed by atoms with E-state index in [1.807, 2.05) is 0 Å². The summed E-state index contributed by atoms with van der Waals surface area (Å²) >= 11 is 0. The van der Waals surface area contributed by atoms with Gasteiger partial charge >= 0.3 is 5.97 Å². The molecule has 0 fully saturated rings. The molecule has 1 atom stereocenters. The molecule has 1 rings (SSSR count). The Morgan fingerprint density at radius 3 is 2.62 bits per heavy atom. The summed E-state index contributed by atoms with van der Waals surface area (Å²) in [6, 6.07) is 6.09. The van der Waals surface area contributed by atoms with Gasteiger partial charge in [0.15, 0.2) is 0 Å². The van der Waals surface area contributed by atoms with Crippen molar-refractivity contribution in [1.29, 1.82) is 0 Å². The minimum absolute atomic E-state index is 0.0774. The molecule has 1 aromatic rings. The minimum atomic E-state index is -1.96. The largest absolute Gasteiger partial charge is 0.508 e. The highest BCUT2D eigenvalue weighted by Crippen LogP contribution is 2.18. The standard InChI is InChI=1S/C9H9FO3/c10-7(9(12)13)5-6-3-1-2-4-8(6)11/h1-4,7,11H,5H2,(H,12,13). The van der Waals surface area contributed by atoms with E-state index in [4.69, 9.17) is 5.11 Å². The molecular formula is C9H9FO3. The molecule has 0 radical (unpaired) electrons. The van der Waals surface area contributed by atoms with E-state index in [2.05, 4.69) is 0 Å². The quantitative estimate of drug-likeness (QED) is 0.745. The van der Waals surface area contributed by atoms with Crippen LogP contribution in [0.5, 0.6) is 5.75 Å². The fourth-order valence-electron chi connectivity index (χ4n) is 0.964. The van der Waals surface area contributed by atoms with E-state index in [1.165, 1.54) is 12.1 Å². The molecule has 0 aliphatic heterocycles. The lowest BCUT2D eigenvalue weighted by Crippen LogP contribution is -2.17. The highest BCUT2D eigenvalue weighted by molar-refractivity contribution is 5.72. The lowest BCUT2D eigenvalue weighted by Gasteiger charge is -2.04. The fraction of sp³-hybridized carbons (Fsp3) is 0.222. The molecule has 1 unspecified atom stereocenters. The molecule has 0 spiro atoms. The zero-order valence-electron chi connectivity index (χ0n) is 6.77. The monoisotopic (exact) mass is 184 g/mol. The Morgan fingerprint density at radius 1 is 1.46 bits per heavy atom. The van der Waals surface area contributed by atoms with Crippen molar-refractivity contribution in [2.75, 3.05) is 0 Å². The maximum absolute atomic E-state index is 12.7. The maximum atomic E-state index is 12.7. The molecule has 0 aromatic heterocycles.